The van der Waals surface area contributed by atoms with Crippen LogP contribution in [-0.2, 0) is 16.0 Å². The lowest BCUT2D eigenvalue weighted by molar-refractivity contribution is -0.139. The van der Waals surface area contributed by atoms with Crippen LogP contribution in [-0.4, -0.2) is 76.3 Å². The molecule has 10 heteroatoms. The number of halogens is 1. The van der Waals surface area contributed by atoms with Crippen molar-refractivity contribution in [3.63, 3.8) is 0 Å². The summed E-state index contributed by atoms with van der Waals surface area (Å²) in [5.41, 5.74) is 8.03. The first-order valence-electron chi connectivity index (χ1n) is 11.7. The van der Waals surface area contributed by atoms with E-state index in [2.05, 4.69) is 49.2 Å². The number of oxime groups is 1. The number of nitrogen functional groups attached to an aromatic ring is 1. The van der Waals surface area contributed by atoms with E-state index in [1.54, 1.807) is 0 Å². The largest absolute Gasteiger partial charge is 0.389 e. The molecule has 2 aromatic rings. The predicted molar refractivity (Wildman–Crippen MR) is 129 cm³/mol. The van der Waals surface area contributed by atoms with Crippen LogP contribution in [0.3, 0.4) is 0 Å². The first-order valence-corrected chi connectivity index (χ1v) is 12.1. The predicted octanol–water partition coefficient (Wildman–Crippen LogP) is 2.73. The highest BCUT2D eigenvalue weighted by molar-refractivity contribution is 6.30. The van der Waals surface area contributed by atoms with Gasteiger partial charge in [-0.05, 0) is 43.9 Å². The zero-order chi connectivity index (χ0) is 22.9. The number of benzene rings is 1. The molecule has 178 valence electrons. The van der Waals surface area contributed by atoms with Crippen LogP contribution in [0, 0.1) is 5.92 Å². The number of aromatic amines is 1. The van der Waals surface area contributed by atoms with E-state index in [9.17, 15) is 0 Å². The summed E-state index contributed by atoms with van der Waals surface area (Å²) in [5, 5.41) is 11.9. The number of H-pyrrole nitrogens is 1. The molecule has 3 aliphatic heterocycles. The normalized spacial score (nSPS) is 29.2. The number of anilines is 2. The highest BCUT2D eigenvalue weighted by Crippen LogP contribution is 2.31. The van der Waals surface area contributed by atoms with E-state index in [0.29, 0.717) is 30.6 Å². The van der Waals surface area contributed by atoms with Gasteiger partial charge >= 0.3 is 0 Å². The summed E-state index contributed by atoms with van der Waals surface area (Å²) >= 11 is 6.10. The number of nitrogens with two attached hydrogens (primary N) is 1. The molecule has 0 bridgehead atoms. The standard InChI is InChI=1S/C23H32ClN7O2/c1-14-15(2)29-33-21(14)20-12-31(19(13-32-20)11-16-3-5-17(24)6-4-16)18-7-9-30(10-8-18)23-26-22(25)27-28-23/h3-6,14,18-21H,7-13H2,1-2H3,(H3,25,26,27,28)/t14?,19-,20+,21?/m0/s1. The van der Waals surface area contributed by atoms with E-state index in [1.165, 1.54) is 5.56 Å². The molecular weight excluding hydrogens is 442 g/mol. The van der Waals surface area contributed by atoms with Crippen LogP contribution >= 0.6 is 11.6 Å². The van der Waals surface area contributed by atoms with Crippen LogP contribution in [0.1, 0.15) is 32.3 Å². The molecule has 5 rings (SSSR count). The van der Waals surface area contributed by atoms with Gasteiger partial charge in [-0.15, -0.1) is 5.10 Å². The SMILES string of the molecule is CC1=NOC([C@H]2CN(C3CCN(c4n[nH]c(N)n4)CC3)[C@@H](Cc3ccc(Cl)cc3)CO2)C1C. The Morgan fingerprint density at radius 3 is 2.61 bits per heavy atom. The van der Waals surface area contributed by atoms with E-state index in [0.717, 1.165) is 49.6 Å². The van der Waals surface area contributed by atoms with E-state index >= 15 is 0 Å². The number of rotatable bonds is 5. The Morgan fingerprint density at radius 1 is 1.21 bits per heavy atom. The van der Waals surface area contributed by atoms with Crippen molar-refractivity contribution in [1.29, 1.82) is 0 Å². The molecule has 2 saturated heterocycles. The molecule has 0 aliphatic carbocycles. The van der Waals surface area contributed by atoms with Crippen molar-refractivity contribution in [2.45, 2.75) is 57.4 Å². The number of aromatic nitrogens is 3. The molecule has 1 aromatic heterocycles. The molecule has 2 unspecified atom stereocenters. The van der Waals surface area contributed by atoms with Crippen LogP contribution in [0.2, 0.25) is 5.02 Å². The third-order valence-corrected chi connectivity index (χ3v) is 7.54. The molecule has 0 amide bonds. The van der Waals surface area contributed by atoms with Gasteiger partial charge in [-0.2, -0.15) is 4.98 Å². The number of hydrogen-bond donors (Lipinski definition) is 2. The van der Waals surface area contributed by atoms with E-state index in [-0.39, 0.29) is 18.1 Å². The van der Waals surface area contributed by atoms with Crippen LogP contribution < -0.4 is 10.6 Å². The summed E-state index contributed by atoms with van der Waals surface area (Å²) in [6.45, 7) is 7.52. The lowest BCUT2D eigenvalue weighted by Crippen LogP contribution is -2.59. The van der Waals surface area contributed by atoms with Crippen molar-refractivity contribution in [2.75, 3.05) is 36.9 Å². The van der Waals surface area contributed by atoms with Gasteiger partial charge in [0.05, 0.1) is 12.3 Å². The highest BCUT2D eigenvalue weighted by Gasteiger charge is 2.43. The third-order valence-electron chi connectivity index (χ3n) is 7.29. The second kappa shape index (κ2) is 9.48. The number of morpholine rings is 1. The number of piperidine rings is 1. The van der Waals surface area contributed by atoms with E-state index < -0.39 is 0 Å². The molecule has 33 heavy (non-hydrogen) atoms. The fourth-order valence-electron chi connectivity index (χ4n) is 5.20. The van der Waals surface area contributed by atoms with Crippen LogP contribution in [0.5, 0.6) is 0 Å². The molecule has 4 heterocycles. The van der Waals surface area contributed by atoms with Crippen molar-refractivity contribution in [1.82, 2.24) is 20.1 Å². The van der Waals surface area contributed by atoms with Crippen molar-refractivity contribution in [3.05, 3.63) is 34.9 Å². The Balaban J connectivity index is 1.29. The molecular formula is C23H32ClN7O2. The number of hydrogen-bond acceptors (Lipinski definition) is 8. The van der Waals surface area contributed by atoms with Gasteiger partial charge in [0.2, 0.25) is 11.9 Å². The maximum Gasteiger partial charge on any atom is 0.246 e. The molecule has 3 N–H and O–H groups in total. The minimum atomic E-state index is -0.0275. The molecule has 2 fully saturated rings. The maximum atomic E-state index is 6.39. The molecule has 4 atom stereocenters. The summed E-state index contributed by atoms with van der Waals surface area (Å²) in [6.07, 6.45) is 2.98. The van der Waals surface area contributed by atoms with Gasteiger partial charge < -0.3 is 20.2 Å². The van der Waals surface area contributed by atoms with Crippen LogP contribution in [0.15, 0.2) is 29.4 Å². The monoisotopic (exact) mass is 473 g/mol. The molecule has 1 aromatic carbocycles. The number of nitrogens with zero attached hydrogens (tertiary/aromatic N) is 5. The minimum Gasteiger partial charge on any atom is -0.389 e. The lowest BCUT2D eigenvalue weighted by atomic mass is 9.92. The molecule has 0 saturated carbocycles. The number of nitrogens with one attached hydrogen (secondary N) is 1. The Hall–Kier alpha value is -2.36. The maximum absolute atomic E-state index is 6.39. The van der Waals surface area contributed by atoms with E-state index in [4.69, 9.17) is 26.9 Å². The van der Waals surface area contributed by atoms with Gasteiger partial charge in [-0.1, -0.05) is 35.8 Å². The topological polar surface area (TPSA) is 105 Å². The highest BCUT2D eigenvalue weighted by atomic mass is 35.5. The first-order chi connectivity index (χ1) is 16.0. The minimum absolute atomic E-state index is 0.00787. The Bertz CT molecular complexity index is 973. The van der Waals surface area contributed by atoms with Crippen LogP contribution in [0.4, 0.5) is 11.9 Å². The van der Waals surface area contributed by atoms with Gasteiger partial charge in [0.15, 0.2) is 6.10 Å². The lowest BCUT2D eigenvalue weighted by Gasteiger charge is -2.47. The smallest absolute Gasteiger partial charge is 0.246 e. The second-order valence-electron chi connectivity index (χ2n) is 9.38. The van der Waals surface area contributed by atoms with Gasteiger partial charge in [0.1, 0.15) is 6.10 Å². The van der Waals surface area contributed by atoms with E-state index in [1.807, 2.05) is 19.1 Å². The zero-order valence-corrected chi connectivity index (χ0v) is 19.9. The van der Waals surface area contributed by atoms with Crippen molar-refractivity contribution in [2.24, 2.45) is 11.1 Å². The third kappa shape index (κ3) is 4.81. The van der Waals surface area contributed by atoms with Crippen molar-refractivity contribution >= 4 is 29.2 Å². The Labute approximate surface area is 199 Å². The fourth-order valence-corrected chi connectivity index (χ4v) is 5.33. The van der Waals surface area contributed by atoms with Crippen LogP contribution in [0.25, 0.3) is 0 Å². The van der Waals surface area contributed by atoms with Gasteiger partial charge in [0.25, 0.3) is 0 Å². The fraction of sp³-hybridized carbons (Fsp3) is 0.609. The first kappa shape index (κ1) is 22.4. The molecule has 0 spiro atoms. The van der Waals surface area contributed by atoms with Gasteiger partial charge in [0, 0.05) is 42.7 Å². The molecule has 0 radical (unpaired) electrons. The summed E-state index contributed by atoms with van der Waals surface area (Å²) in [7, 11) is 0. The quantitative estimate of drug-likeness (QED) is 0.687. The molecule has 3 aliphatic rings. The summed E-state index contributed by atoms with van der Waals surface area (Å²) in [6, 6.07) is 8.91. The van der Waals surface area contributed by atoms with Gasteiger partial charge in [-0.3, -0.25) is 4.90 Å². The Kier molecular flexibility index (Phi) is 6.44. The summed E-state index contributed by atoms with van der Waals surface area (Å²) < 4.78 is 6.39. The average Bonchev–Trinajstić information content (AvgIpc) is 3.41. The van der Waals surface area contributed by atoms with Crippen molar-refractivity contribution in [3.8, 4) is 0 Å². The zero-order valence-electron chi connectivity index (χ0n) is 19.2. The summed E-state index contributed by atoms with van der Waals surface area (Å²) in [4.78, 5) is 14.9. The van der Waals surface area contributed by atoms with Gasteiger partial charge in [-0.25, -0.2) is 5.10 Å². The van der Waals surface area contributed by atoms with Crippen molar-refractivity contribution < 1.29 is 9.57 Å². The summed E-state index contributed by atoms with van der Waals surface area (Å²) in [5.74, 6) is 1.31. The average molecular weight is 474 g/mol. The Morgan fingerprint density at radius 2 is 1.97 bits per heavy atom. The second-order valence-corrected chi connectivity index (χ2v) is 9.82. The molecule has 9 nitrogen and oxygen atoms in total. The number of ether oxygens (including phenoxy) is 1.